The van der Waals surface area contributed by atoms with Gasteiger partial charge in [-0.25, -0.2) is 0 Å². The third kappa shape index (κ3) is 4.35. The predicted octanol–water partition coefficient (Wildman–Crippen LogP) is -0.313. The minimum atomic E-state index is -0.300. The second-order valence-electron chi connectivity index (χ2n) is 2.49. The van der Waals surface area contributed by atoms with Gasteiger partial charge in [0.2, 0.25) is 0 Å². The summed E-state index contributed by atoms with van der Waals surface area (Å²) in [4.78, 5) is 16.7. The summed E-state index contributed by atoms with van der Waals surface area (Å²) in [6.07, 6.45) is 0. The topological polar surface area (TPSA) is 53.9 Å². The summed E-state index contributed by atoms with van der Waals surface area (Å²) in [5.74, 6) is 0.388. The number of nitrogens with zero attached hydrogens (tertiary/aromatic N) is 2. The number of carbonyl (C=O) groups is 1. The van der Waals surface area contributed by atoms with Crippen molar-refractivity contribution in [2.75, 3.05) is 34.3 Å². The lowest BCUT2D eigenvalue weighted by molar-refractivity contribution is -0.139. The molecule has 0 unspecified atom stereocenters. The van der Waals surface area contributed by atoms with E-state index in [1.54, 1.807) is 7.05 Å². The third-order valence-electron chi connectivity index (χ3n) is 1.67. The summed E-state index contributed by atoms with van der Waals surface area (Å²) in [7, 11) is 4.93. The first-order valence-electron chi connectivity index (χ1n) is 4.14. The maximum absolute atomic E-state index is 10.8. The molecule has 0 radical (unpaired) electrons. The number of hydrogen-bond acceptors (Lipinski definition) is 3. The van der Waals surface area contributed by atoms with E-state index in [1.165, 1.54) is 7.11 Å². The number of rotatable bonds is 3. The molecule has 0 spiro atoms. The number of aliphatic imine (C=N–C) groups is 1. The molecule has 5 heteroatoms. The number of ether oxygens (including phenoxy) is 1. The average Bonchev–Trinajstić information content (AvgIpc) is 2.17. The Morgan fingerprint density at radius 2 is 2.23 bits per heavy atom. The Morgan fingerprint density at radius 1 is 1.62 bits per heavy atom. The molecule has 0 amide bonds. The van der Waals surface area contributed by atoms with E-state index >= 15 is 0 Å². The van der Waals surface area contributed by atoms with Crippen molar-refractivity contribution in [3.05, 3.63) is 0 Å². The van der Waals surface area contributed by atoms with Gasteiger partial charge in [0.15, 0.2) is 5.96 Å². The lowest BCUT2D eigenvalue weighted by atomic mass is 10.6. The van der Waals surface area contributed by atoms with Crippen LogP contribution in [0.2, 0.25) is 0 Å². The Bertz CT molecular complexity index is 192. The van der Waals surface area contributed by atoms with Gasteiger partial charge in [-0.2, -0.15) is 0 Å². The average molecular weight is 187 g/mol. The molecule has 0 aromatic rings. The van der Waals surface area contributed by atoms with Crippen molar-refractivity contribution in [2.24, 2.45) is 4.99 Å². The molecule has 0 aliphatic carbocycles. The molecule has 0 atom stereocenters. The Morgan fingerprint density at radius 3 is 2.62 bits per heavy atom. The maximum Gasteiger partial charge on any atom is 0.325 e. The molecule has 0 aromatic heterocycles. The van der Waals surface area contributed by atoms with Gasteiger partial charge in [0.25, 0.3) is 0 Å². The van der Waals surface area contributed by atoms with Crippen molar-refractivity contribution < 1.29 is 9.53 Å². The highest BCUT2D eigenvalue weighted by Crippen LogP contribution is 1.83. The smallest absolute Gasteiger partial charge is 0.325 e. The maximum atomic E-state index is 10.8. The molecule has 0 heterocycles. The molecule has 0 fully saturated rings. The van der Waals surface area contributed by atoms with Crippen LogP contribution in [0.1, 0.15) is 6.92 Å². The second-order valence-corrected chi connectivity index (χ2v) is 2.49. The number of hydrogen-bond donors (Lipinski definition) is 1. The van der Waals surface area contributed by atoms with Crippen molar-refractivity contribution in [1.29, 1.82) is 0 Å². The number of nitrogens with one attached hydrogen (secondary N) is 1. The summed E-state index contributed by atoms with van der Waals surface area (Å²) >= 11 is 0. The van der Waals surface area contributed by atoms with Crippen molar-refractivity contribution in [1.82, 2.24) is 10.2 Å². The molecular formula is C8H17N3O2. The standard InChI is InChI=1S/C8H17N3O2/c1-5-11(3)8(9-2)10-6-7(12)13-4/h5-6H2,1-4H3,(H,9,10). The summed E-state index contributed by atoms with van der Waals surface area (Å²) in [6.45, 7) is 2.99. The van der Waals surface area contributed by atoms with Crippen LogP contribution in [0, 0.1) is 0 Å². The molecule has 0 bridgehead atoms. The van der Waals surface area contributed by atoms with E-state index in [0.29, 0.717) is 5.96 Å². The highest BCUT2D eigenvalue weighted by atomic mass is 16.5. The van der Waals surface area contributed by atoms with Crippen LogP contribution in [0.3, 0.4) is 0 Å². The van der Waals surface area contributed by atoms with Gasteiger partial charge >= 0.3 is 5.97 Å². The molecule has 0 saturated carbocycles. The Hall–Kier alpha value is -1.26. The van der Waals surface area contributed by atoms with Crippen molar-refractivity contribution in [3.63, 3.8) is 0 Å². The van der Waals surface area contributed by atoms with Crippen molar-refractivity contribution in [2.45, 2.75) is 6.92 Å². The van der Waals surface area contributed by atoms with Gasteiger partial charge < -0.3 is 15.0 Å². The monoisotopic (exact) mass is 187 g/mol. The molecule has 0 aliphatic heterocycles. The molecule has 0 saturated heterocycles. The van der Waals surface area contributed by atoms with E-state index < -0.39 is 0 Å². The first-order valence-corrected chi connectivity index (χ1v) is 4.14. The molecule has 0 rings (SSSR count). The molecule has 1 N–H and O–H groups in total. The zero-order valence-corrected chi connectivity index (χ0v) is 8.63. The van der Waals surface area contributed by atoms with E-state index in [9.17, 15) is 4.79 Å². The van der Waals surface area contributed by atoms with Crippen LogP contribution in [-0.2, 0) is 9.53 Å². The Balaban J connectivity index is 3.94. The summed E-state index contributed by atoms with van der Waals surface area (Å²) in [6, 6.07) is 0. The van der Waals surface area contributed by atoms with Gasteiger partial charge in [0.1, 0.15) is 6.54 Å². The minimum Gasteiger partial charge on any atom is -0.468 e. The van der Waals surface area contributed by atoms with E-state index in [-0.39, 0.29) is 12.5 Å². The van der Waals surface area contributed by atoms with Crippen LogP contribution in [0.15, 0.2) is 4.99 Å². The van der Waals surface area contributed by atoms with Crippen molar-refractivity contribution in [3.8, 4) is 0 Å². The van der Waals surface area contributed by atoms with Crippen LogP contribution in [0.25, 0.3) is 0 Å². The number of esters is 1. The highest BCUT2D eigenvalue weighted by Gasteiger charge is 2.05. The lowest BCUT2D eigenvalue weighted by Crippen LogP contribution is -2.41. The number of carbonyl (C=O) groups excluding carboxylic acids is 1. The van der Waals surface area contributed by atoms with Crippen LogP contribution < -0.4 is 5.32 Å². The van der Waals surface area contributed by atoms with Crippen LogP contribution in [0.5, 0.6) is 0 Å². The van der Waals surface area contributed by atoms with E-state index in [2.05, 4.69) is 15.0 Å². The summed E-state index contributed by atoms with van der Waals surface area (Å²) < 4.78 is 4.48. The van der Waals surface area contributed by atoms with Crippen LogP contribution in [-0.4, -0.2) is 51.1 Å². The number of methoxy groups -OCH3 is 1. The fraction of sp³-hybridized carbons (Fsp3) is 0.750. The zero-order valence-electron chi connectivity index (χ0n) is 8.63. The van der Waals surface area contributed by atoms with E-state index in [1.807, 2.05) is 18.9 Å². The summed E-state index contributed by atoms with van der Waals surface area (Å²) in [5, 5.41) is 2.87. The molecular weight excluding hydrogens is 170 g/mol. The first-order chi connectivity index (χ1) is 6.15. The Kier molecular flexibility index (Phi) is 5.67. The minimum absolute atomic E-state index is 0.146. The van der Waals surface area contributed by atoms with Gasteiger partial charge in [-0.3, -0.25) is 9.79 Å². The fourth-order valence-electron chi connectivity index (χ4n) is 0.758. The SMILES string of the molecule is CCN(C)C(=NC)NCC(=O)OC. The largest absolute Gasteiger partial charge is 0.468 e. The molecule has 5 nitrogen and oxygen atoms in total. The van der Waals surface area contributed by atoms with E-state index in [0.717, 1.165) is 6.54 Å². The van der Waals surface area contributed by atoms with E-state index in [4.69, 9.17) is 0 Å². The predicted molar refractivity (Wildman–Crippen MR) is 51.7 cm³/mol. The molecule has 76 valence electrons. The Labute approximate surface area is 78.8 Å². The van der Waals surface area contributed by atoms with Crippen LogP contribution >= 0.6 is 0 Å². The normalized spacial score (nSPS) is 10.9. The first kappa shape index (κ1) is 11.7. The van der Waals surface area contributed by atoms with Gasteiger partial charge in [-0.05, 0) is 6.92 Å². The molecule has 13 heavy (non-hydrogen) atoms. The fourth-order valence-corrected chi connectivity index (χ4v) is 0.758. The molecule has 0 aromatic carbocycles. The quantitative estimate of drug-likeness (QED) is 0.374. The van der Waals surface area contributed by atoms with Gasteiger partial charge in [0, 0.05) is 20.6 Å². The second kappa shape index (κ2) is 6.28. The zero-order chi connectivity index (χ0) is 10.3. The number of guanidine groups is 1. The highest BCUT2D eigenvalue weighted by molar-refractivity contribution is 5.84. The summed E-state index contributed by atoms with van der Waals surface area (Å²) in [5.41, 5.74) is 0. The lowest BCUT2D eigenvalue weighted by Gasteiger charge is -2.19. The van der Waals surface area contributed by atoms with Gasteiger partial charge in [0.05, 0.1) is 7.11 Å². The van der Waals surface area contributed by atoms with Gasteiger partial charge in [-0.1, -0.05) is 0 Å². The van der Waals surface area contributed by atoms with Crippen molar-refractivity contribution >= 4 is 11.9 Å². The van der Waals surface area contributed by atoms with Crippen LogP contribution in [0.4, 0.5) is 0 Å². The molecule has 0 aliphatic rings. The van der Waals surface area contributed by atoms with Gasteiger partial charge in [-0.15, -0.1) is 0 Å². The third-order valence-corrected chi connectivity index (χ3v) is 1.67.